The highest BCUT2D eigenvalue weighted by atomic mass is 35.5. The van der Waals surface area contributed by atoms with E-state index in [4.69, 9.17) is 11.6 Å². The molecule has 0 saturated carbocycles. The Morgan fingerprint density at radius 2 is 1.55 bits per heavy atom. The number of hydrogen-bond acceptors (Lipinski definition) is 4. The Hall–Kier alpha value is -2.22. The van der Waals surface area contributed by atoms with Gasteiger partial charge in [0, 0.05) is 10.6 Å². The van der Waals surface area contributed by atoms with Gasteiger partial charge >= 0.3 is 0 Å². The molecule has 1 heterocycles. The molecule has 8 heteroatoms. The van der Waals surface area contributed by atoms with E-state index in [1.54, 1.807) is 57.2 Å². The number of sulfonamides is 1. The second-order valence-electron chi connectivity index (χ2n) is 8.05. The first-order valence-electron chi connectivity index (χ1n) is 9.16. The highest BCUT2D eigenvalue weighted by Crippen LogP contribution is 2.34. The van der Waals surface area contributed by atoms with E-state index in [1.165, 1.54) is 12.1 Å². The summed E-state index contributed by atoms with van der Waals surface area (Å²) in [6.07, 6.45) is -0.218. The predicted octanol–water partition coefficient (Wildman–Crippen LogP) is 3.77. The van der Waals surface area contributed by atoms with E-state index in [2.05, 4.69) is 0 Å². The zero-order valence-electron chi connectivity index (χ0n) is 16.7. The Morgan fingerprint density at radius 3 is 2.07 bits per heavy atom. The minimum Gasteiger partial charge on any atom is -0.274 e. The van der Waals surface area contributed by atoms with Gasteiger partial charge in [-0.15, -0.1) is 0 Å². The number of benzene rings is 2. The fourth-order valence-corrected chi connectivity index (χ4v) is 5.53. The number of imide groups is 1. The summed E-state index contributed by atoms with van der Waals surface area (Å²) in [5.41, 5.74) is 0.376. The van der Waals surface area contributed by atoms with Crippen LogP contribution in [-0.4, -0.2) is 36.1 Å². The molecule has 2 amide bonds. The summed E-state index contributed by atoms with van der Waals surface area (Å²) in [5.74, 6) is -1.02. The van der Waals surface area contributed by atoms with Crippen LogP contribution in [0.1, 0.15) is 32.8 Å². The molecule has 0 bridgehead atoms. The zero-order valence-corrected chi connectivity index (χ0v) is 18.3. The van der Waals surface area contributed by atoms with Gasteiger partial charge in [0.1, 0.15) is 6.04 Å². The lowest BCUT2D eigenvalue weighted by Gasteiger charge is -2.37. The smallest absolute Gasteiger partial charge is 0.252 e. The van der Waals surface area contributed by atoms with Gasteiger partial charge in [0.25, 0.3) is 5.91 Å². The van der Waals surface area contributed by atoms with E-state index in [9.17, 15) is 18.0 Å². The Bertz CT molecular complexity index is 1040. The van der Waals surface area contributed by atoms with Gasteiger partial charge in [0.2, 0.25) is 15.9 Å². The van der Waals surface area contributed by atoms with Gasteiger partial charge in [-0.25, -0.2) is 13.3 Å². The summed E-state index contributed by atoms with van der Waals surface area (Å²) in [4.78, 5) is 27.0. The molecule has 0 N–H and O–H groups in total. The number of carbonyl (C=O) groups excluding carboxylic acids is 2. The third-order valence-electron chi connectivity index (χ3n) is 4.73. The van der Waals surface area contributed by atoms with Crippen molar-refractivity contribution < 1.29 is 18.0 Å². The summed E-state index contributed by atoms with van der Waals surface area (Å²) in [6, 6.07) is 11.6. The van der Waals surface area contributed by atoms with Gasteiger partial charge in [-0.2, -0.15) is 4.31 Å². The van der Waals surface area contributed by atoms with Crippen molar-refractivity contribution in [3.8, 4) is 0 Å². The molecule has 3 rings (SSSR count). The molecule has 1 fully saturated rings. The molecule has 6 nitrogen and oxygen atoms in total. The minimum atomic E-state index is -4.02. The molecule has 0 aromatic heterocycles. The maximum atomic E-state index is 13.4. The molecule has 1 atom stereocenters. The Balaban J connectivity index is 2.04. The molecule has 0 spiro atoms. The first-order chi connectivity index (χ1) is 13.4. The molecule has 0 radical (unpaired) electrons. The molecule has 1 saturated heterocycles. The van der Waals surface area contributed by atoms with Crippen LogP contribution in [0.2, 0.25) is 5.02 Å². The molecule has 0 aliphatic carbocycles. The average Bonchev–Trinajstić information content (AvgIpc) is 2.89. The molecule has 154 valence electrons. The second kappa shape index (κ2) is 7.55. The van der Waals surface area contributed by atoms with Crippen LogP contribution in [0, 0.1) is 6.92 Å². The SMILES string of the molecule is Cc1ccc(S(=O)(=O)N(C2CC(=O)N(c3ccc(Cl)cc3)C2=O)C(C)(C)C)cc1. The Labute approximate surface area is 176 Å². The molecular formula is C21H23ClN2O4S. The lowest BCUT2D eigenvalue weighted by atomic mass is 10.1. The van der Waals surface area contributed by atoms with E-state index in [0.717, 1.165) is 14.8 Å². The topological polar surface area (TPSA) is 74.8 Å². The number of rotatable bonds is 4. The molecule has 1 aliphatic rings. The van der Waals surface area contributed by atoms with Crippen molar-refractivity contribution >= 4 is 39.1 Å². The van der Waals surface area contributed by atoms with Crippen molar-refractivity contribution in [2.24, 2.45) is 0 Å². The first-order valence-corrected chi connectivity index (χ1v) is 11.0. The molecule has 1 aliphatic heterocycles. The minimum absolute atomic E-state index is 0.0863. The van der Waals surface area contributed by atoms with Crippen LogP contribution in [0.3, 0.4) is 0 Å². The summed E-state index contributed by atoms with van der Waals surface area (Å²) in [5, 5.41) is 0.475. The van der Waals surface area contributed by atoms with E-state index >= 15 is 0 Å². The van der Waals surface area contributed by atoms with Crippen molar-refractivity contribution in [2.45, 2.75) is 50.6 Å². The van der Waals surface area contributed by atoms with Crippen molar-refractivity contribution in [3.63, 3.8) is 0 Å². The molecule has 1 unspecified atom stereocenters. The zero-order chi connectivity index (χ0) is 21.6. The first kappa shape index (κ1) is 21.5. The van der Waals surface area contributed by atoms with Gasteiger partial charge in [0.15, 0.2) is 0 Å². The van der Waals surface area contributed by atoms with Crippen molar-refractivity contribution in [1.82, 2.24) is 4.31 Å². The van der Waals surface area contributed by atoms with E-state index < -0.39 is 33.4 Å². The number of halogens is 1. The van der Waals surface area contributed by atoms with Crippen LogP contribution in [0.15, 0.2) is 53.4 Å². The molecule has 2 aromatic carbocycles. The van der Waals surface area contributed by atoms with Crippen molar-refractivity contribution in [3.05, 3.63) is 59.1 Å². The van der Waals surface area contributed by atoms with Gasteiger partial charge in [0.05, 0.1) is 17.0 Å². The Morgan fingerprint density at radius 1 is 1.00 bits per heavy atom. The highest BCUT2D eigenvalue weighted by Gasteiger charge is 2.50. The van der Waals surface area contributed by atoms with E-state index in [1.807, 2.05) is 6.92 Å². The predicted molar refractivity (Wildman–Crippen MR) is 112 cm³/mol. The molecule has 29 heavy (non-hydrogen) atoms. The maximum absolute atomic E-state index is 13.4. The number of anilines is 1. The standard InChI is InChI=1S/C21H23ClN2O4S/c1-14-5-11-17(12-6-14)29(27,28)24(21(2,3)4)18-13-19(25)23(20(18)26)16-9-7-15(22)8-10-16/h5-12,18H,13H2,1-4H3. The average molecular weight is 435 g/mol. The monoisotopic (exact) mass is 434 g/mol. The van der Waals surface area contributed by atoms with Gasteiger partial charge in [-0.3, -0.25) is 9.59 Å². The fourth-order valence-electron chi connectivity index (χ4n) is 3.48. The maximum Gasteiger partial charge on any atom is 0.252 e. The normalized spacial score (nSPS) is 18.0. The number of carbonyl (C=O) groups is 2. The largest absolute Gasteiger partial charge is 0.274 e. The quantitative estimate of drug-likeness (QED) is 0.686. The number of nitrogens with zero attached hydrogens (tertiary/aromatic N) is 2. The van der Waals surface area contributed by atoms with Gasteiger partial charge < -0.3 is 0 Å². The number of amides is 2. The third-order valence-corrected chi connectivity index (χ3v) is 7.17. The second-order valence-corrected chi connectivity index (χ2v) is 10.3. The van der Waals surface area contributed by atoms with Gasteiger partial charge in [-0.1, -0.05) is 29.3 Å². The van der Waals surface area contributed by atoms with Crippen molar-refractivity contribution in [1.29, 1.82) is 0 Å². The van der Waals surface area contributed by atoms with Crippen LogP contribution in [-0.2, 0) is 19.6 Å². The van der Waals surface area contributed by atoms with Gasteiger partial charge in [-0.05, 0) is 64.1 Å². The molecular weight excluding hydrogens is 412 g/mol. The number of hydrogen-bond donors (Lipinski definition) is 0. The fraction of sp³-hybridized carbons (Fsp3) is 0.333. The van der Waals surface area contributed by atoms with E-state index in [0.29, 0.717) is 10.7 Å². The summed E-state index contributed by atoms with van der Waals surface area (Å²) >= 11 is 5.89. The van der Waals surface area contributed by atoms with Crippen LogP contribution in [0.4, 0.5) is 5.69 Å². The summed E-state index contributed by atoms with van der Waals surface area (Å²) in [6.45, 7) is 6.99. The van der Waals surface area contributed by atoms with E-state index in [-0.39, 0.29) is 11.3 Å². The lowest BCUT2D eigenvalue weighted by Crippen LogP contribution is -2.54. The van der Waals surface area contributed by atoms with Crippen molar-refractivity contribution in [2.75, 3.05) is 4.90 Å². The van der Waals surface area contributed by atoms with Crippen LogP contribution in [0.25, 0.3) is 0 Å². The third kappa shape index (κ3) is 4.08. The van der Waals surface area contributed by atoms with Crippen LogP contribution in [0.5, 0.6) is 0 Å². The Kier molecular flexibility index (Phi) is 5.60. The highest BCUT2D eigenvalue weighted by molar-refractivity contribution is 7.89. The molecule has 2 aromatic rings. The lowest BCUT2D eigenvalue weighted by molar-refractivity contribution is -0.122. The van der Waals surface area contributed by atoms with Crippen LogP contribution >= 0.6 is 11.6 Å². The summed E-state index contributed by atoms with van der Waals surface area (Å²) in [7, 11) is -4.02. The summed E-state index contributed by atoms with van der Waals surface area (Å²) < 4.78 is 28.0. The van der Waals surface area contributed by atoms with Crippen LogP contribution < -0.4 is 4.90 Å². The number of aryl methyl sites for hydroxylation is 1.